The van der Waals surface area contributed by atoms with Crippen LogP contribution in [0.2, 0.25) is 0 Å². The lowest BCUT2D eigenvalue weighted by Crippen LogP contribution is -2.50. The Labute approximate surface area is 159 Å². The minimum Gasteiger partial charge on any atom is -0.372 e. The van der Waals surface area contributed by atoms with E-state index in [1.165, 1.54) is 96.8 Å². The van der Waals surface area contributed by atoms with Crippen LogP contribution in [-0.2, 0) is 0 Å². The molecule has 0 spiro atoms. The van der Waals surface area contributed by atoms with E-state index in [1.807, 2.05) is 0 Å². The molecule has 0 aromatic heterocycles. The van der Waals surface area contributed by atoms with E-state index in [9.17, 15) is 0 Å². The van der Waals surface area contributed by atoms with Gasteiger partial charge in [-0.25, -0.2) is 0 Å². The molecule has 0 aliphatic carbocycles. The molecule has 1 N–H and O–H groups in total. The summed E-state index contributed by atoms with van der Waals surface area (Å²) in [5.74, 6) is 1.83. The van der Waals surface area contributed by atoms with E-state index in [0.717, 1.165) is 11.8 Å². The molecule has 0 radical (unpaired) electrons. The van der Waals surface area contributed by atoms with Crippen LogP contribution < -0.4 is 10.2 Å². The summed E-state index contributed by atoms with van der Waals surface area (Å²) in [6.45, 7) is 12.7. The standard InChI is InChI=1S/C22H36N4/c1-2-4-22(5-3-1)26-12-8-21(9-13-26)19-25-16-14-24(15-17-25)18-20-6-10-23-11-7-20/h1-5,20-21,23H,6-19H2. The van der Waals surface area contributed by atoms with Gasteiger partial charge >= 0.3 is 0 Å². The van der Waals surface area contributed by atoms with Crippen molar-refractivity contribution in [1.29, 1.82) is 0 Å². The summed E-state index contributed by atoms with van der Waals surface area (Å²) < 4.78 is 0. The summed E-state index contributed by atoms with van der Waals surface area (Å²) in [4.78, 5) is 8.03. The molecule has 144 valence electrons. The van der Waals surface area contributed by atoms with Gasteiger partial charge in [0, 0.05) is 58.0 Å². The van der Waals surface area contributed by atoms with Crippen LogP contribution in [0.4, 0.5) is 5.69 Å². The summed E-state index contributed by atoms with van der Waals surface area (Å²) in [5, 5.41) is 3.49. The first-order chi connectivity index (χ1) is 12.9. The molecule has 4 rings (SSSR count). The van der Waals surface area contributed by atoms with Crippen molar-refractivity contribution >= 4 is 5.69 Å². The zero-order chi connectivity index (χ0) is 17.6. The molecule has 4 heteroatoms. The molecule has 26 heavy (non-hydrogen) atoms. The lowest BCUT2D eigenvalue weighted by atomic mass is 9.95. The van der Waals surface area contributed by atoms with E-state index in [0.29, 0.717) is 0 Å². The zero-order valence-electron chi connectivity index (χ0n) is 16.3. The van der Waals surface area contributed by atoms with Gasteiger partial charge in [-0.05, 0) is 62.7 Å². The topological polar surface area (TPSA) is 21.8 Å². The summed E-state index contributed by atoms with van der Waals surface area (Å²) in [6, 6.07) is 10.9. The number of hydrogen-bond donors (Lipinski definition) is 1. The van der Waals surface area contributed by atoms with Gasteiger partial charge in [0.15, 0.2) is 0 Å². The van der Waals surface area contributed by atoms with Gasteiger partial charge in [0.25, 0.3) is 0 Å². The maximum Gasteiger partial charge on any atom is 0.0366 e. The molecule has 3 saturated heterocycles. The molecule has 1 aromatic rings. The lowest BCUT2D eigenvalue weighted by molar-refractivity contribution is 0.0961. The monoisotopic (exact) mass is 356 g/mol. The van der Waals surface area contributed by atoms with Crippen molar-refractivity contribution in [1.82, 2.24) is 15.1 Å². The molecule has 3 fully saturated rings. The van der Waals surface area contributed by atoms with Gasteiger partial charge in [-0.15, -0.1) is 0 Å². The molecule has 0 saturated carbocycles. The largest absolute Gasteiger partial charge is 0.372 e. The van der Waals surface area contributed by atoms with E-state index < -0.39 is 0 Å². The summed E-state index contributed by atoms with van der Waals surface area (Å²) >= 11 is 0. The minimum atomic E-state index is 0.894. The first-order valence-electron chi connectivity index (χ1n) is 10.8. The van der Waals surface area contributed by atoms with Crippen LogP contribution in [0.15, 0.2) is 30.3 Å². The number of benzene rings is 1. The quantitative estimate of drug-likeness (QED) is 0.875. The highest BCUT2D eigenvalue weighted by atomic mass is 15.3. The first-order valence-corrected chi connectivity index (χ1v) is 10.8. The van der Waals surface area contributed by atoms with E-state index in [4.69, 9.17) is 0 Å². The Morgan fingerprint density at radius 1 is 0.692 bits per heavy atom. The maximum absolute atomic E-state index is 3.49. The van der Waals surface area contributed by atoms with E-state index in [-0.39, 0.29) is 0 Å². The third-order valence-electron chi connectivity index (χ3n) is 6.69. The molecule has 0 bridgehead atoms. The molecule has 3 aliphatic rings. The Hall–Kier alpha value is -1.10. The van der Waals surface area contributed by atoms with Crippen LogP contribution >= 0.6 is 0 Å². The Bertz CT molecular complexity index is 512. The molecule has 4 nitrogen and oxygen atoms in total. The number of hydrogen-bond acceptors (Lipinski definition) is 4. The van der Waals surface area contributed by atoms with Crippen LogP contribution in [0.3, 0.4) is 0 Å². The van der Waals surface area contributed by atoms with Gasteiger partial charge < -0.3 is 20.0 Å². The fourth-order valence-electron chi connectivity index (χ4n) is 4.96. The number of para-hydroxylation sites is 1. The number of rotatable bonds is 5. The lowest BCUT2D eigenvalue weighted by Gasteiger charge is -2.40. The average Bonchev–Trinajstić information content (AvgIpc) is 2.72. The molecular formula is C22H36N4. The summed E-state index contributed by atoms with van der Waals surface area (Å²) in [7, 11) is 0. The summed E-state index contributed by atoms with van der Waals surface area (Å²) in [5.41, 5.74) is 1.40. The second kappa shape index (κ2) is 9.20. The van der Waals surface area contributed by atoms with E-state index in [1.54, 1.807) is 0 Å². The molecule has 0 amide bonds. The average molecular weight is 357 g/mol. The third kappa shape index (κ3) is 4.99. The molecular weight excluding hydrogens is 320 g/mol. The van der Waals surface area contributed by atoms with Crippen LogP contribution in [-0.4, -0.2) is 75.2 Å². The number of nitrogens with zero attached hydrogens (tertiary/aromatic N) is 3. The number of nitrogens with one attached hydrogen (secondary N) is 1. The Kier molecular flexibility index (Phi) is 6.47. The smallest absolute Gasteiger partial charge is 0.0366 e. The van der Waals surface area contributed by atoms with Crippen molar-refractivity contribution < 1.29 is 0 Å². The van der Waals surface area contributed by atoms with Gasteiger partial charge in [-0.3, -0.25) is 0 Å². The maximum atomic E-state index is 3.49. The molecule has 3 aliphatic heterocycles. The predicted molar refractivity (Wildman–Crippen MR) is 110 cm³/mol. The summed E-state index contributed by atoms with van der Waals surface area (Å²) in [6.07, 6.45) is 5.45. The van der Waals surface area contributed by atoms with Crippen molar-refractivity contribution in [3.05, 3.63) is 30.3 Å². The second-order valence-electron chi connectivity index (χ2n) is 8.56. The van der Waals surface area contributed by atoms with Gasteiger partial charge in [0.2, 0.25) is 0 Å². The van der Waals surface area contributed by atoms with Crippen LogP contribution in [0.5, 0.6) is 0 Å². The number of piperazine rings is 1. The Morgan fingerprint density at radius 3 is 1.81 bits per heavy atom. The predicted octanol–water partition coefficient (Wildman–Crippen LogP) is 2.52. The first kappa shape index (κ1) is 18.3. The van der Waals surface area contributed by atoms with E-state index >= 15 is 0 Å². The van der Waals surface area contributed by atoms with Crippen LogP contribution in [0, 0.1) is 11.8 Å². The molecule has 1 aromatic carbocycles. The number of piperidine rings is 2. The minimum absolute atomic E-state index is 0.894. The van der Waals surface area contributed by atoms with Gasteiger partial charge in [-0.2, -0.15) is 0 Å². The highest BCUT2D eigenvalue weighted by molar-refractivity contribution is 5.46. The van der Waals surface area contributed by atoms with E-state index in [2.05, 4.69) is 50.3 Å². The molecule has 0 atom stereocenters. The zero-order valence-corrected chi connectivity index (χ0v) is 16.3. The van der Waals surface area contributed by atoms with Gasteiger partial charge in [0.05, 0.1) is 0 Å². The fourth-order valence-corrected chi connectivity index (χ4v) is 4.96. The highest BCUT2D eigenvalue weighted by Crippen LogP contribution is 2.24. The van der Waals surface area contributed by atoms with Crippen molar-refractivity contribution in [3.8, 4) is 0 Å². The third-order valence-corrected chi connectivity index (χ3v) is 6.69. The fraction of sp³-hybridized carbons (Fsp3) is 0.727. The second-order valence-corrected chi connectivity index (χ2v) is 8.56. The van der Waals surface area contributed by atoms with Gasteiger partial charge in [0.1, 0.15) is 0 Å². The van der Waals surface area contributed by atoms with Crippen molar-refractivity contribution in [2.75, 3.05) is 70.3 Å². The van der Waals surface area contributed by atoms with Crippen molar-refractivity contribution in [2.24, 2.45) is 11.8 Å². The SMILES string of the molecule is c1ccc(N2CCC(CN3CCN(CC4CCNCC4)CC3)CC2)cc1. The van der Waals surface area contributed by atoms with Crippen molar-refractivity contribution in [3.63, 3.8) is 0 Å². The molecule has 3 heterocycles. The Morgan fingerprint density at radius 2 is 1.23 bits per heavy atom. The molecule has 0 unspecified atom stereocenters. The normalized spacial score (nSPS) is 24.8. The van der Waals surface area contributed by atoms with Crippen LogP contribution in [0.25, 0.3) is 0 Å². The highest BCUT2D eigenvalue weighted by Gasteiger charge is 2.25. The van der Waals surface area contributed by atoms with Gasteiger partial charge in [-0.1, -0.05) is 18.2 Å². The number of anilines is 1. The Balaban J connectivity index is 1.15. The van der Waals surface area contributed by atoms with Crippen LogP contribution in [0.1, 0.15) is 25.7 Å². The van der Waals surface area contributed by atoms with Crippen molar-refractivity contribution in [2.45, 2.75) is 25.7 Å².